The summed E-state index contributed by atoms with van der Waals surface area (Å²) in [7, 11) is 0. The lowest BCUT2D eigenvalue weighted by atomic mass is 9.82. The summed E-state index contributed by atoms with van der Waals surface area (Å²) in [5, 5.41) is 10.3. The smallest absolute Gasteiger partial charge is 0.233 e. The van der Waals surface area contributed by atoms with E-state index in [1.54, 1.807) is 48.5 Å². The summed E-state index contributed by atoms with van der Waals surface area (Å²) in [6, 6.07) is 13.5. The summed E-state index contributed by atoms with van der Waals surface area (Å²) in [6.45, 7) is 0.548. The number of benzene rings is 2. The van der Waals surface area contributed by atoms with Crippen molar-refractivity contribution in [3.05, 3.63) is 59.1 Å². The molecule has 0 radical (unpaired) electrons. The van der Waals surface area contributed by atoms with Crippen molar-refractivity contribution >= 4 is 29.1 Å². The second-order valence-electron chi connectivity index (χ2n) is 6.45. The predicted molar refractivity (Wildman–Crippen MR) is 104 cm³/mol. The zero-order valence-corrected chi connectivity index (χ0v) is 16.4. The standard InChI is InChI=1S/C19H20ClNO6S/c20-15-3-7-17(8-4-15)27-16-5-1-14(2-6-16)18(28(24)25)19(21(23)13-22)9-11-26-12-10-19/h1-8,13,18,23H,9-12H2,(H,24,25). The number of ether oxygens (including phenoxy) is 2. The summed E-state index contributed by atoms with van der Waals surface area (Å²) in [5.74, 6) is 1.13. The van der Waals surface area contributed by atoms with E-state index in [1.165, 1.54) is 0 Å². The van der Waals surface area contributed by atoms with E-state index in [0.717, 1.165) is 0 Å². The lowest BCUT2D eigenvalue weighted by Gasteiger charge is -2.44. The zero-order chi connectivity index (χ0) is 20.1. The zero-order valence-electron chi connectivity index (χ0n) is 14.9. The molecule has 1 aliphatic heterocycles. The number of hydrogen-bond acceptors (Lipinski definition) is 5. The average molecular weight is 426 g/mol. The van der Waals surface area contributed by atoms with Crippen molar-refractivity contribution in [2.45, 2.75) is 23.6 Å². The van der Waals surface area contributed by atoms with Gasteiger partial charge in [0, 0.05) is 18.2 Å². The highest BCUT2D eigenvalue weighted by atomic mass is 35.5. The maximum Gasteiger partial charge on any atom is 0.233 e. The van der Waals surface area contributed by atoms with Crippen molar-refractivity contribution in [3.8, 4) is 11.5 Å². The Hall–Kier alpha value is -1.97. The number of carbonyl (C=O) groups is 1. The third kappa shape index (κ3) is 4.37. The molecule has 0 aliphatic carbocycles. The van der Waals surface area contributed by atoms with Crippen LogP contribution in [0.4, 0.5) is 0 Å². The van der Waals surface area contributed by atoms with Gasteiger partial charge in [0.1, 0.15) is 16.7 Å². The molecule has 1 fully saturated rings. The molecule has 0 aromatic heterocycles. The van der Waals surface area contributed by atoms with Crippen LogP contribution in [0, 0.1) is 0 Å². The molecule has 7 nitrogen and oxygen atoms in total. The molecule has 0 saturated carbocycles. The van der Waals surface area contributed by atoms with E-state index in [9.17, 15) is 18.8 Å². The molecule has 3 rings (SSSR count). The SMILES string of the molecule is O=CN(O)C1(C(c2ccc(Oc3ccc(Cl)cc3)cc2)S(=O)O)CCOCC1. The summed E-state index contributed by atoms with van der Waals surface area (Å²) in [5.41, 5.74) is -0.717. The number of carbonyl (C=O) groups excluding carboxylic acids is 1. The van der Waals surface area contributed by atoms with Gasteiger partial charge in [0.15, 0.2) is 11.1 Å². The first-order valence-electron chi connectivity index (χ1n) is 8.60. The third-order valence-corrected chi connectivity index (χ3v) is 6.20. The van der Waals surface area contributed by atoms with Crippen LogP contribution in [0.25, 0.3) is 0 Å². The highest BCUT2D eigenvalue weighted by molar-refractivity contribution is 7.79. The van der Waals surface area contributed by atoms with Crippen molar-refractivity contribution in [2.75, 3.05) is 13.2 Å². The molecule has 2 unspecified atom stereocenters. The van der Waals surface area contributed by atoms with Crippen molar-refractivity contribution in [1.29, 1.82) is 0 Å². The Morgan fingerprint density at radius 1 is 1.11 bits per heavy atom. The molecular formula is C19H20ClNO6S. The number of nitrogens with zero attached hydrogens (tertiary/aromatic N) is 1. The molecule has 9 heteroatoms. The third-order valence-electron chi connectivity index (χ3n) is 4.84. The van der Waals surface area contributed by atoms with Crippen LogP contribution in [-0.4, -0.2) is 44.2 Å². The van der Waals surface area contributed by atoms with E-state index >= 15 is 0 Å². The van der Waals surface area contributed by atoms with Gasteiger partial charge < -0.3 is 14.0 Å². The highest BCUT2D eigenvalue weighted by Gasteiger charge is 2.49. The maximum absolute atomic E-state index is 12.2. The van der Waals surface area contributed by atoms with Gasteiger partial charge in [0.05, 0.1) is 5.54 Å². The number of hydroxylamine groups is 2. The van der Waals surface area contributed by atoms with E-state index in [1.807, 2.05) is 0 Å². The molecule has 2 N–H and O–H groups in total. The van der Waals surface area contributed by atoms with E-state index in [2.05, 4.69) is 0 Å². The van der Waals surface area contributed by atoms with Crippen molar-refractivity contribution < 1.29 is 28.2 Å². The van der Waals surface area contributed by atoms with Gasteiger partial charge in [-0.2, -0.15) is 0 Å². The minimum atomic E-state index is -2.33. The molecule has 1 saturated heterocycles. The van der Waals surface area contributed by atoms with Crippen molar-refractivity contribution in [1.82, 2.24) is 5.06 Å². The molecular weight excluding hydrogens is 406 g/mol. The fourth-order valence-electron chi connectivity index (χ4n) is 3.40. The lowest BCUT2D eigenvalue weighted by molar-refractivity contribution is -0.195. The van der Waals surface area contributed by atoms with E-state index < -0.39 is 21.9 Å². The van der Waals surface area contributed by atoms with Crippen molar-refractivity contribution in [3.63, 3.8) is 0 Å². The Balaban J connectivity index is 1.88. The van der Waals surface area contributed by atoms with Gasteiger partial charge in [0.25, 0.3) is 0 Å². The molecule has 1 aliphatic rings. The van der Waals surface area contributed by atoms with Gasteiger partial charge >= 0.3 is 0 Å². The van der Waals surface area contributed by atoms with Gasteiger partial charge in [-0.05, 0) is 54.8 Å². The van der Waals surface area contributed by atoms with Crippen LogP contribution in [0.2, 0.25) is 5.02 Å². The molecule has 2 aromatic carbocycles. The van der Waals surface area contributed by atoms with Gasteiger partial charge in [0.2, 0.25) is 6.41 Å². The molecule has 28 heavy (non-hydrogen) atoms. The Morgan fingerprint density at radius 3 is 2.14 bits per heavy atom. The number of amides is 1. The molecule has 0 spiro atoms. The summed E-state index contributed by atoms with van der Waals surface area (Å²) in [4.78, 5) is 11.3. The van der Waals surface area contributed by atoms with Crippen LogP contribution in [0.3, 0.4) is 0 Å². The minimum absolute atomic E-state index is 0.238. The molecule has 1 amide bonds. The fraction of sp³-hybridized carbons (Fsp3) is 0.316. The highest BCUT2D eigenvalue weighted by Crippen LogP contribution is 2.42. The van der Waals surface area contributed by atoms with E-state index in [4.69, 9.17) is 21.1 Å². The fourth-order valence-corrected chi connectivity index (χ4v) is 4.64. The van der Waals surface area contributed by atoms with Gasteiger partial charge in [-0.15, -0.1) is 0 Å². The van der Waals surface area contributed by atoms with E-state index in [-0.39, 0.29) is 32.5 Å². The number of rotatable bonds is 7. The number of halogens is 1. The maximum atomic E-state index is 12.2. The molecule has 2 atom stereocenters. The summed E-state index contributed by atoms with van der Waals surface area (Å²) < 4.78 is 33.2. The van der Waals surface area contributed by atoms with Crippen LogP contribution >= 0.6 is 11.6 Å². The lowest BCUT2D eigenvalue weighted by Crippen LogP contribution is -2.55. The predicted octanol–water partition coefficient (Wildman–Crippen LogP) is 3.79. The molecule has 1 heterocycles. The first kappa shape index (κ1) is 20.8. The largest absolute Gasteiger partial charge is 0.457 e. The van der Waals surface area contributed by atoms with Crippen LogP contribution in [-0.2, 0) is 20.6 Å². The Morgan fingerprint density at radius 2 is 1.64 bits per heavy atom. The molecule has 150 valence electrons. The van der Waals surface area contributed by atoms with Gasteiger partial charge in [-0.25, -0.2) is 9.27 Å². The first-order chi connectivity index (χ1) is 13.5. The van der Waals surface area contributed by atoms with E-state index in [0.29, 0.717) is 27.1 Å². The normalized spacial score (nSPS) is 18.1. The van der Waals surface area contributed by atoms with Crippen LogP contribution in [0.1, 0.15) is 23.7 Å². The summed E-state index contributed by atoms with van der Waals surface area (Å²) >= 11 is 3.53. The molecule has 2 aromatic rings. The van der Waals surface area contributed by atoms with Crippen LogP contribution in [0.15, 0.2) is 48.5 Å². The average Bonchev–Trinajstić information content (AvgIpc) is 2.71. The van der Waals surface area contributed by atoms with Crippen LogP contribution in [0.5, 0.6) is 11.5 Å². The second kappa shape index (κ2) is 9.02. The van der Waals surface area contributed by atoms with Crippen molar-refractivity contribution in [2.24, 2.45) is 0 Å². The monoisotopic (exact) mass is 425 g/mol. The quantitative estimate of drug-likeness (QED) is 0.303. The summed E-state index contributed by atoms with van der Waals surface area (Å²) in [6.07, 6.45) is 0.744. The second-order valence-corrected chi connectivity index (χ2v) is 7.91. The van der Waals surface area contributed by atoms with Crippen LogP contribution < -0.4 is 4.74 Å². The Labute approximate surface area is 170 Å². The van der Waals surface area contributed by atoms with Gasteiger partial charge in [-0.3, -0.25) is 10.0 Å². The minimum Gasteiger partial charge on any atom is -0.457 e. The van der Waals surface area contributed by atoms with Gasteiger partial charge in [-0.1, -0.05) is 23.7 Å². The molecule has 0 bridgehead atoms. The Bertz CT molecular complexity index is 823. The first-order valence-corrected chi connectivity index (χ1v) is 10.2. The topological polar surface area (TPSA) is 96.3 Å². The Kier molecular flexibility index (Phi) is 6.69. The number of hydrogen-bond donors (Lipinski definition) is 2.